The summed E-state index contributed by atoms with van der Waals surface area (Å²) in [6, 6.07) is 11.6. The van der Waals surface area contributed by atoms with Gasteiger partial charge in [-0.05, 0) is 48.6 Å². The lowest BCUT2D eigenvalue weighted by Gasteiger charge is -2.05. The average molecular weight is 381 g/mol. The summed E-state index contributed by atoms with van der Waals surface area (Å²) in [5, 5.41) is 11.5. The summed E-state index contributed by atoms with van der Waals surface area (Å²) in [4.78, 5) is 35.3. The second-order valence-electron chi connectivity index (χ2n) is 6.43. The second kappa shape index (κ2) is 6.92. The first-order chi connectivity index (χ1) is 13.0. The van der Waals surface area contributed by atoms with Gasteiger partial charge >= 0.3 is 5.97 Å². The molecule has 0 amide bonds. The van der Waals surface area contributed by atoms with Gasteiger partial charge in [0.25, 0.3) is 5.69 Å². The van der Waals surface area contributed by atoms with Gasteiger partial charge in [-0.1, -0.05) is 12.1 Å². The van der Waals surface area contributed by atoms with E-state index in [4.69, 9.17) is 4.74 Å². The normalized spacial score (nSPS) is 12.7. The van der Waals surface area contributed by atoms with Crippen LogP contribution in [-0.4, -0.2) is 23.3 Å². The summed E-state index contributed by atoms with van der Waals surface area (Å²) < 4.78 is 5.91. The van der Waals surface area contributed by atoms with Crippen molar-refractivity contribution in [1.82, 2.24) is 0 Å². The molecule has 4 rings (SSSR count). The first kappa shape index (κ1) is 17.4. The zero-order chi connectivity index (χ0) is 19.0. The number of thiophene rings is 1. The summed E-state index contributed by atoms with van der Waals surface area (Å²) in [5.74, 6) is -0.844. The van der Waals surface area contributed by atoms with E-state index in [0.717, 1.165) is 24.0 Å². The number of non-ortho nitro benzene ring substituents is 1. The van der Waals surface area contributed by atoms with Gasteiger partial charge in [-0.3, -0.25) is 14.9 Å². The molecule has 1 aliphatic carbocycles. The van der Waals surface area contributed by atoms with Crippen molar-refractivity contribution in [3.05, 3.63) is 74.1 Å². The third-order valence-corrected chi connectivity index (χ3v) is 5.76. The Balaban J connectivity index is 1.45. The van der Waals surface area contributed by atoms with E-state index >= 15 is 0 Å². The molecule has 0 saturated heterocycles. The fraction of sp³-hybridized carbons (Fsp3) is 0.200. The molecule has 0 unspecified atom stereocenters. The number of ketones is 1. The van der Waals surface area contributed by atoms with Gasteiger partial charge in [0.2, 0.25) is 0 Å². The Morgan fingerprint density at radius 2 is 1.89 bits per heavy atom. The Morgan fingerprint density at radius 1 is 1.07 bits per heavy atom. The van der Waals surface area contributed by atoms with Crippen molar-refractivity contribution in [3.8, 4) is 0 Å². The van der Waals surface area contributed by atoms with E-state index in [2.05, 4.69) is 0 Å². The molecule has 1 aromatic heterocycles. The summed E-state index contributed by atoms with van der Waals surface area (Å²) in [6.45, 7) is -0.327. The monoisotopic (exact) mass is 381 g/mol. The molecule has 0 fully saturated rings. The van der Waals surface area contributed by atoms with Crippen LogP contribution in [-0.2, 0) is 17.6 Å². The number of ether oxygens (including phenoxy) is 1. The van der Waals surface area contributed by atoms with Gasteiger partial charge in [0.15, 0.2) is 12.4 Å². The van der Waals surface area contributed by atoms with Crippen molar-refractivity contribution >= 4 is 38.9 Å². The third-order valence-electron chi connectivity index (χ3n) is 4.67. The van der Waals surface area contributed by atoms with E-state index in [0.29, 0.717) is 15.8 Å². The average Bonchev–Trinajstić information content (AvgIpc) is 3.30. The van der Waals surface area contributed by atoms with Crippen LogP contribution in [0.15, 0.2) is 42.5 Å². The number of nitro groups is 1. The van der Waals surface area contributed by atoms with Gasteiger partial charge in [-0.2, -0.15) is 0 Å². The van der Waals surface area contributed by atoms with E-state index in [-0.39, 0.29) is 18.1 Å². The fourth-order valence-electron chi connectivity index (χ4n) is 3.28. The number of carbonyl (C=O) groups excluding carboxylic acids is 2. The first-order valence-corrected chi connectivity index (χ1v) is 9.33. The largest absolute Gasteiger partial charge is 0.453 e. The molecule has 7 heteroatoms. The predicted octanol–water partition coefficient (Wildman–Crippen LogP) is 4.34. The maximum absolute atomic E-state index is 12.3. The van der Waals surface area contributed by atoms with Crippen LogP contribution in [0.25, 0.3) is 10.1 Å². The number of Topliss-reactive ketones (excluding diaryl/α,β-unsaturated/α-hetero) is 1. The minimum absolute atomic E-state index is 0.0352. The van der Waals surface area contributed by atoms with Gasteiger partial charge in [-0.25, -0.2) is 4.79 Å². The number of fused-ring (bicyclic) bond motifs is 2. The van der Waals surface area contributed by atoms with Crippen molar-refractivity contribution in [2.24, 2.45) is 0 Å². The van der Waals surface area contributed by atoms with E-state index < -0.39 is 10.9 Å². The SMILES string of the molecule is O=C(COC(=O)c1cc2cc([N+](=O)[O-])ccc2s1)c1ccc2c(c1)CCC2. The lowest BCUT2D eigenvalue weighted by atomic mass is 10.0. The zero-order valence-electron chi connectivity index (χ0n) is 14.3. The van der Waals surface area contributed by atoms with Gasteiger partial charge in [-0.15, -0.1) is 11.3 Å². The van der Waals surface area contributed by atoms with Gasteiger partial charge in [0.05, 0.1) is 4.92 Å². The summed E-state index contributed by atoms with van der Waals surface area (Å²) in [5.41, 5.74) is 2.99. The molecule has 0 bridgehead atoms. The number of nitro benzene ring substituents is 1. The number of hydrogen-bond donors (Lipinski definition) is 0. The van der Waals surface area contributed by atoms with Crippen molar-refractivity contribution in [1.29, 1.82) is 0 Å². The highest BCUT2D eigenvalue weighted by Gasteiger charge is 2.18. The molecular weight excluding hydrogens is 366 g/mol. The lowest BCUT2D eigenvalue weighted by Crippen LogP contribution is -2.13. The quantitative estimate of drug-likeness (QED) is 0.284. The van der Waals surface area contributed by atoms with Crippen LogP contribution in [0.5, 0.6) is 0 Å². The molecule has 0 aliphatic heterocycles. The molecule has 1 heterocycles. The number of esters is 1. The van der Waals surface area contributed by atoms with Crippen molar-refractivity contribution in [2.45, 2.75) is 19.3 Å². The Bertz CT molecular complexity index is 1090. The maximum Gasteiger partial charge on any atom is 0.348 e. The molecule has 1 aliphatic rings. The van der Waals surface area contributed by atoms with Crippen LogP contribution in [0.1, 0.15) is 37.6 Å². The lowest BCUT2D eigenvalue weighted by molar-refractivity contribution is -0.384. The van der Waals surface area contributed by atoms with Gasteiger partial charge < -0.3 is 4.74 Å². The Labute approximate surface area is 158 Å². The number of hydrogen-bond acceptors (Lipinski definition) is 6. The van der Waals surface area contributed by atoms with Gasteiger partial charge in [0, 0.05) is 27.8 Å². The van der Waals surface area contributed by atoms with Crippen LogP contribution in [0, 0.1) is 10.1 Å². The smallest absolute Gasteiger partial charge is 0.348 e. The van der Waals surface area contributed by atoms with E-state index in [1.165, 1.54) is 34.6 Å². The van der Waals surface area contributed by atoms with Crippen molar-refractivity contribution in [2.75, 3.05) is 6.61 Å². The molecule has 136 valence electrons. The van der Waals surface area contributed by atoms with Crippen molar-refractivity contribution < 1.29 is 19.2 Å². The third kappa shape index (κ3) is 3.46. The molecule has 6 nitrogen and oxygen atoms in total. The molecule has 0 spiro atoms. The molecule has 3 aromatic rings. The molecule has 0 atom stereocenters. The van der Waals surface area contributed by atoms with E-state index in [9.17, 15) is 19.7 Å². The van der Waals surface area contributed by atoms with Crippen LogP contribution >= 0.6 is 11.3 Å². The number of benzene rings is 2. The minimum atomic E-state index is -0.603. The Hall–Kier alpha value is -3.06. The first-order valence-electron chi connectivity index (χ1n) is 8.51. The van der Waals surface area contributed by atoms with E-state index in [1.54, 1.807) is 18.2 Å². The highest BCUT2D eigenvalue weighted by Crippen LogP contribution is 2.29. The molecule has 2 aromatic carbocycles. The molecule has 0 N–H and O–H groups in total. The van der Waals surface area contributed by atoms with Crippen molar-refractivity contribution in [3.63, 3.8) is 0 Å². The second-order valence-corrected chi connectivity index (χ2v) is 7.51. The number of aryl methyl sites for hydroxylation is 2. The standard InChI is InChI=1S/C20H15NO5S/c22-17(14-5-4-12-2-1-3-13(12)8-14)11-26-20(23)19-10-15-9-16(21(24)25)6-7-18(15)27-19/h4-10H,1-3,11H2. The molecule has 0 radical (unpaired) electrons. The van der Waals surface area contributed by atoms with Crippen LogP contribution in [0.2, 0.25) is 0 Å². The molecular formula is C20H15NO5S. The van der Waals surface area contributed by atoms with Crippen LogP contribution < -0.4 is 0 Å². The highest BCUT2D eigenvalue weighted by atomic mass is 32.1. The zero-order valence-corrected chi connectivity index (χ0v) is 15.1. The van der Waals surface area contributed by atoms with E-state index in [1.807, 2.05) is 12.1 Å². The Morgan fingerprint density at radius 3 is 2.70 bits per heavy atom. The van der Waals surface area contributed by atoms with Crippen LogP contribution in [0.3, 0.4) is 0 Å². The van der Waals surface area contributed by atoms with Crippen LogP contribution in [0.4, 0.5) is 5.69 Å². The molecule has 0 saturated carbocycles. The predicted molar refractivity (Wildman–Crippen MR) is 102 cm³/mol. The number of nitrogens with zero attached hydrogens (tertiary/aromatic N) is 1. The number of carbonyl (C=O) groups is 2. The summed E-state index contributed by atoms with van der Waals surface area (Å²) in [6.07, 6.45) is 3.12. The molecule has 27 heavy (non-hydrogen) atoms. The minimum Gasteiger partial charge on any atom is -0.453 e. The Kier molecular flexibility index (Phi) is 4.45. The fourth-order valence-corrected chi connectivity index (χ4v) is 4.21. The summed E-state index contributed by atoms with van der Waals surface area (Å²) >= 11 is 1.18. The summed E-state index contributed by atoms with van der Waals surface area (Å²) in [7, 11) is 0. The topological polar surface area (TPSA) is 86.5 Å². The van der Waals surface area contributed by atoms with Gasteiger partial charge in [0.1, 0.15) is 4.88 Å². The highest BCUT2D eigenvalue weighted by molar-refractivity contribution is 7.20. The number of rotatable bonds is 5. The maximum atomic E-state index is 12.3.